The average molecular weight is 546 g/mol. The Labute approximate surface area is 212 Å². The van der Waals surface area contributed by atoms with Gasteiger partial charge in [0.15, 0.2) is 22.5 Å². The molecule has 0 spiro atoms. The van der Waals surface area contributed by atoms with Gasteiger partial charge in [-0.2, -0.15) is 4.98 Å². The van der Waals surface area contributed by atoms with Gasteiger partial charge in [-0.05, 0) is 11.1 Å². The van der Waals surface area contributed by atoms with Crippen molar-refractivity contribution in [2.75, 3.05) is 18.9 Å². The first-order valence-corrected chi connectivity index (χ1v) is 13.5. The molecule has 192 valence electrons. The molecule has 4 aromatic rings. The van der Waals surface area contributed by atoms with E-state index in [2.05, 4.69) is 25.0 Å². The molecule has 3 aromatic heterocycles. The van der Waals surface area contributed by atoms with Crippen molar-refractivity contribution >= 4 is 36.5 Å². The molecule has 5 atom stereocenters. The molecule has 2 aliphatic heterocycles. The van der Waals surface area contributed by atoms with Crippen molar-refractivity contribution in [1.29, 1.82) is 0 Å². The number of fused-ring (bicyclic) bond motifs is 3. The summed E-state index contributed by atoms with van der Waals surface area (Å²) < 4.78 is 30.2. The predicted octanol–water partition coefficient (Wildman–Crippen LogP) is 1.70. The Morgan fingerprint density at radius 1 is 1.38 bits per heavy atom. The molecule has 37 heavy (non-hydrogen) atoms. The van der Waals surface area contributed by atoms with Gasteiger partial charge in [0.2, 0.25) is 5.78 Å². The fourth-order valence-corrected chi connectivity index (χ4v) is 6.16. The maximum Gasteiger partial charge on any atom is 1.00 e. The minimum absolute atomic E-state index is 0. The second kappa shape index (κ2) is 9.28. The molecule has 1 aromatic carbocycles. The van der Waals surface area contributed by atoms with Gasteiger partial charge in [-0.15, -0.1) is 0 Å². The molecular weight excluding hydrogens is 527 g/mol. The lowest BCUT2D eigenvalue weighted by Gasteiger charge is -2.34. The number of hydrogen-bond donors (Lipinski definition) is 2. The van der Waals surface area contributed by atoms with Crippen LogP contribution in [0, 0.1) is 0 Å². The number of phosphoric ester groups is 1. The second-order valence-corrected chi connectivity index (χ2v) is 10.7. The van der Waals surface area contributed by atoms with Gasteiger partial charge < -0.3 is 28.8 Å². The van der Waals surface area contributed by atoms with Crippen LogP contribution in [-0.4, -0.2) is 66.2 Å². The van der Waals surface area contributed by atoms with Gasteiger partial charge in [0.1, 0.15) is 18.3 Å². The van der Waals surface area contributed by atoms with Crippen LogP contribution in [0.1, 0.15) is 7.65 Å². The normalized spacial score (nSPS) is 27.4. The highest BCUT2D eigenvalue weighted by molar-refractivity contribution is 7.99. The smallest absolute Gasteiger partial charge is 0.756 e. The molecule has 5 heterocycles. The highest BCUT2D eigenvalue weighted by Crippen LogP contribution is 2.50. The van der Waals surface area contributed by atoms with Crippen molar-refractivity contribution in [3.05, 3.63) is 57.3 Å². The standard InChI is InChI=1S/C20H19N8O7PS/c21-26-22-6-7-37-20-24-13-16(28(20)18-14(29)15-12(34-18)9-33-36(31,32)35-15)25-19-23-11(8-27(19)17(13)30)10-4-2-1-3-5-10/h1-5,8,12,14-15,18,29H,6-7,9H2,(H,23,25)(H,31,32)/t12?,14?,15-,18-/m1/s1. The number of aliphatic hydroxyl groups excluding tert-OH is 1. The van der Waals surface area contributed by atoms with Gasteiger partial charge in [-0.3, -0.25) is 13.9 Å². The number of aromatic amines is 1. The molecule has 2 saturated heterocycles. The van der Waals surface area contributed by atoms with Crippen LogP contribution in [0.25, 0.3) is 38.6 Å². The molecule has 0 saturated carbocycles. The lowest BCUT2D eigenvalue weighted by atomic mass is 10.1. The first kappa shape index (κ1) is 24.2. The number of imidazole rings is 2. The zero-order chi connectivity index (χ0) is 25.7. The summed E-state index contributed by atoms with van der Waals surface area (Å²) in [5.74, 6) is 0.548. The van der Waals surface area contributed by atoms with Crippen molar-refractivity contribution in [3.8, 4) is 11.3 Å². The van der Waals surface area contributed by atoms with Gasteiger partial charge in [0, 0.05) is 23.4 Å². The number of nitrogens with one attached hydrogen (secondary N) is 1. The van der Waals surface area contributed by atoms with E-state index in [1.807, 2.05) is 30.3 Å². The zero-order valence-electron chi connectivity index (χ0n) is 19.8. The largest absolute Gasteiger partial charge is 1.00 e. The molecule has 2 N–H and O–H groups in total. The van der Waals surface area contributed by atoms with E-state index >= 15 is 0 Å². The van der Waals surface area contributed by atoms with Crippen LogP contribution in [-0.2, 0) is 18.3 Å². The number of hydrogen-bond acceptors (Lipinski definition) is 11. The monoisotopic (exact) mass is 546 g/mol. The van der Waals surface area contributed by atoms with Crippen molar-refractivity contribution in [1.82, 2.24) is 23.9 Å². The number of aliphatic hydroxyl groups is 1. The van der Waals surface area contributed by atoms with Crippen LogP contribution in [0.3, 0.4) is 0 Å². The highest BCUT2D eigenvalue weighted by Gasteiger charge is 2.51. The summed E-state index contributed by atoms with van der Waals surface area (Å²) in [6, 6.07) is 9.38. The number of H-pyrrole nitrogens is 1. The fourth-order valence-electron chi connectivity index (χ4n) is 4.37. The maximum atomic E-state index is 13.4. The van der Waals surface area contributed by atoms with E-state index in [1.165, 1.54) is 8.97 Å². The molecule has 0 aliphatic carbocycles. The lowest BCUT2D eigenvalue weighted by molar-refractivity contribution is -0.245. The zero-order valence-corrected chi connectivity index (χ0v) is 20.5. The third-order valence-electron chi connectivity index (χ3n) is 6.00. The summed E-state index contributed by atoms with van der Waals surface area (Å²) in [5.41, 5.74) is 9.75. The molecule has 17 heteroatoms. The molecule has 0 amide bonds. The van der Waals surface area contributed by atoms with Crippen molar-refractivity contribution < 1.29 is 29.8 Å². The number of nitrogens with zero attached hydrogens (tertiary/aromatic N) is 7. The van der Waals surface area contributed by atoms with E-state index in [0.717, 1.165) is 17.3 Å². The molecular formula is C20H19N8O7PS. The van der Waals surface area contributed by atoms with E-state index in [1.54, 1.807) is 6.20 Å². The third-order valence-corrected chi connectivity index (χ3v) is 7.90. The van der Waals surface area contributed by atoms with Crippen LogP contribution in [0.5, 0.6) is 0 Å². The van der Waals surface area contributed by atoms with Gasteiger partial charge in [-0.25, -0.2) is 9.38 Å². The first-order valence-electron chi connectivity index (χ1n) is 11.1. The number of benzene rings is 1. The number of aromatic nitrogens is 5. The summed E-state index contributed by atoms with van der Waals surface area (Å²) in [5, 5.41) is 14.8. The van der Waals surface area contributed by atoms with Crippen LogP contribution >= 0.6 is 19.6 Å². The van der Waals surface area contributed by atoms with Crippen molar-refractivity contribution in [3.63, 3.8) is 0 Å². The lowest BCUT2D eigenvalue weighted by Crippen LogP contribution is -2.41. The maximum absolute atomic E-state index is 13.4. The summed E-state index contributed by atoms with van der Waals surface area (Å²) in [4.78, 5) is 40.2. The Morgan fingerprint density at radius 3 is 2.97 bits per heavy atom. The van der Waals surface area contributed by atoms with Crippen LogP contribution < -0.4 is 10.5 Å². The molecule has 2 fully saturated rings. The van der Waals surface area contributed by atoms with Crippen molar-refractivity contribution in [2.45, 2.75) is 29.7 Å². The molecule has 6 rings (SSSR count). The molecule has 0 bridgehead atoms. The predicted molar refractivity (Wildman–Crippen MR) is 129 cm³/mol. The first-order chi connectivity index (χ1) is 17.9. The number of azide groups is 1. The summed E-state index contributed by atoms with van der Waals surface area (Å²) in [6.45, 7) is -0.184. The topological polar surface area (TPSA) is 205 Å². The van der Waals surface area contributed by atoms with E-state index in [9.17, 15) is 19.4 Å². The molecule has 0 radical (unpaired) electrons. The number of rotatable bonds is 6. The minimum Gasteiger partial charge on any atom is -0.756 e. The van der Waals surface area contributed by atoms with Crippen LogP contribution in [0.4, 0.5) is 0 Å². The Bertz CT molecular complexity index is 1660. The fraction of sp³-hybridized carbons (Fsp3) is 0.350. The Morgan fingerprint density at radius 2 is 2.19 bits per heavy atom. The van der Waals surface area contributed by atoms with E-state index < -0.39 is 37.9 Å². The molecule has 2 aliphatic rings. The van der Waals surface area contributed by atoms with Crippen LogP contribution in [0.15, 0.2) is 51.6 Å². The third kappa shape index (κ3) is 4.23. The van der Waals surface area contributed by atoms with Crippen LogP contribution in [0.2, 0.25) is 0 Å². The van der Waals surface area contributed by atoms with Gasteiger partial charge in [0.05, 0.1) is 12.3 Å². The summed E-state index contributed by atoms with van der Waals surface area (Å²) >= 11 is 1.16. The number of ether oxygens (including phenoxy) is 1. The average Bonchev–Trinajstić information content (AvgIpc) is 3.56. The Balaban J connectivity index is 0.00000294. The van der Waals surface area contributed by atoms with E-state index in [0.29, 0.717) is 11.4 Å². The van der Waals surface area contributed by atoms with Crippen molar-refractivity contribution in [2.24, 2.45) is 5.11 Å². The summed E-state index contributed by atoms with van der Waals surface area (Å²) in [6.07, 6.45) is -3.08. The quantitative estimate of drug-likeness (QED) is 0.0894. The van der Waals surface area contributed by atoms with Gasteiger partial charge in [0.25, 0.3) is 13.4 Å². The van der Waals surface area contributed by atoms with E-state index in [-0.39, 0.29) is 36.7 Å². The highest BCUT2D eigenvalue weighted by atomic mass is 32.2. The van der Waals surface area contributed by atoms with Gasteiger partial charge in [-0.1, -0.05) is 47.2 Å². The number of thioether (sulfide) groups is 1. The Kier molecular flexibility index (Phi) is 6.06. The molecule has 15 nitrogen and oxygen atoms in total. The minimum atomic E-state index is -4.59. The second-order valence-electron chi connectivity index (χ2n) is 8.25. The Hall–Kier alpha value is -3.20. The van der Waals surface area contributed by atoms with Gasteiger partial charge >= 0.3 is 1.43 Å². The number of phosphoric acid groups is 1. The summed E-state index contributed by atoms with van der Waals surface area (Å²) in [7, 11) is -4.59. The van der Waals surface area contributed by atoms with E-state index in [4.69, 9.17) is 19.3 Å². The SMILES string of the molecule is [H+].[N-]=[N+]=NCCSc1nc2c(=O)n3cc(-c4ccccc4)[nH]c3nc2n1[C@@H]1OC2COP(=O)([O-])O[C@H]2C1O. The molecule has 3 unspecified atom stereocenters.